The number of unbranched alkanes of at least 4 members (excludes halogenated alkanes) is 3. The van der Waals surface area contributed by atoms with Crippen molar-refractivity contribution >= 4 is 35.6 Å². The molecule has 0 spiro atoms. The summed E-state index contributed by atoms with van der Waals surface area (Å²) < 4.78 is 21.0. The van der Waals surface area contributed by atoms with E-state index in [9.17, 15) is 28.8 Å². The zero-order valence-electron chi connectivity index (χ0n) is 26.3. The average molecular weight is 644 g/mol. The van der Waals surface area contributed by atoms with Gasteiger partial charge in [0.1, 0.15) is 6.61 Å². The first-order valence-electron chi connectivity index (χ1n) is 15.3. The van der Waals surface area contributed by atoms with Gasteiger partial charge in [0.25, 0.3) is 11.8 Å². The monoisotopic (exact) mass is 643 g/mol. The molecule has 0 aromatic rings. The first-order chi connectivity index (χ1) is 21.7. The first kappa shape index (κ1) is 39.4. The number of amides is 6. The number of methoxy groups -OCH3 is 1. The van der Waals surface area contributed by atoms with Crippen LogP contribution in [0.5, 0.6) is 0 Å². The number of nitrogens with zero attached hydrogens (tertiary/aromatic N) is 1. The number of aliphatic hydroxyl groups is 1. The molecule has 0 bridgehead atoms. The van der Waals surface area contributed by atoms with Crippen LogP contribution in [0.4, 0.5) is 4.79 Å². The van der Waals surface area contributed by atoms with E-state index in [4.69, 9.17) is 24.1 Å². The molecule has 6 amide bonds. The molecule has 0 fully saturated rings. The van der Waals surface area contributed by atoms with Crippen molar-refractivity contribution in [3.05, 3.63) is 12.2 Å². The third-order valence-electron chi connectivity index (χ3n) is 6.48. The highest BCUT2D eigenvalue weighted by molar-refractivity contribution is 6.13. The van der Waals surface area contributed by atoms with Gasteiger partial charge in [0, 0.05) is 77.9 Å². The number of alkyl carbamates (subject to hydrolysis) is 1. The minimum Gasteiger partial charge on any atom is -0.444 e. The van der Waals surface area contributed by atoms with Gasteiger partial charge in [-0.15, -0.1) is 0 Å². The number of aliphatic hydroxyl groups excluding tert-OH is 1. The Kier molecular flexibility index (Phi) is 21.6. The summed E-state index contributed by atoms with van der Waals surface area (Å²) >= 11 is 0. The lowest BCUT2D eigenvalue weighted by Gasteiger charge is -2.21. The maximum absolute atomic E-state index is 11.9. The maximum Gasteiger partial charge on any atom is 0.407 e. The molecular weight excluding hydrogens is 594 g/mol. The maximum atomic E-state index is 11.9. The van der Waals surface area contributed by atoms with Gasteiger partial charge >= 0.3 is 6.09 Å². The lowest BCUT2D eigenvalue weighted by Crippen LogP contribution is -2.37. The first-order valence-corrected chi connectivity index (χ1v) is 15.3. The van der Waals surface area contributed by atoms with Crippen molar-refractivity contribution in [3.63, 3.8) is 0 Å². The lowest BCUT2D eigenvalue weighted by atomic mass is 10.2. The van der Waals surface area contributed by atoms with Crippen molar-refractivity contribution < 1.29 is 52.8 Å². The van der Waals surface area contributed by atoms with E-state index in [-0.39, 0.29) is 83.0 Å². The predicted molar refractivity (Wildman–Crippen MR) is 160 cm³/mol. The van der Waals surface area contributed by atoms with Crippen molar-refractivity contribution in [3.8, 4) is 0 Å². The molecule has 1 heterocycles. The van der Waals surface area contributed by atoms with Crippen LogP contribution in [-0.4, -0.2) is 124 Å². The quantitative estimate of drug-likeness (QED) is 0.0460. The summed E-state index contributed by atoms with van der Waals surface area (Å²) in [5.74, 6) is -1.49. The van der Waals surface area contributed by atoms with E-state index in [0.29, 0.717) is 19.6 Å². The van der Waals surface area contributed by atoms with Crippen molar-refractivity contribution in [2.75, 3.05) is 66.3 Å². The van der Waals surface area contributed by atoms with Crippen molar-refractivity contribution in [1.29, 1.82) is 0 Å². The zero-order chi connectivity index (χ0) is 33.3. The number of hydrogen-bond acceptors (Lipinski definition) is 11. The molecule has 0 radical (unpaired) electrons. The molecule has 0 aliphatic carbocycles. The standard InChI is InChI=1S/C29H49N5O11/c1-3-22(20-35)45-28(42-2)21-44-29(41)33-14-10-23(36)31-15-16-32-25(38)12-19-43-18-7-5-4-6-13-30-24(37)11-17-34-26(39)8-9-27(34)40/h8-9,22,28,35H,3-7,10-21H2,1-2H3,(H,30,37)(H,31,36)(H,32,38)(H,33,41). The van der Waals surface area contributed by atoms with Crippen molar-refractivity contribution in [2.45, 2.75) is 70.7 Å². The SMILES string of the molecule is CCC(CO)OC(COC(=O)NCCC(=O)NCCNC(=O)CCOCCCCCCNC(=O)CCN1C(=O)C=CC1=O)OC. The van der Waals surface area contributed by atoms with Crippen molar-refractivity contribution in [2.24, 2.45) is 0 Å². The normalized spacial score (nSPS) is 13.8. The second-order valence-corrected chi connectivity index (χ2v) is 10.0. The Labute approximate surface area is 263 Å². The van der Waals surface area contributed by atoms with Gasteiger partial charge in [0.2, 0.25) is 17.7 Å². The predicted octanol–water partition coefficient (Wildman–Crippen LogP) is -0.506. The van der Waals surface area contributed by atoms with Gasteiger partial charge in [-0.2, -0.15) is 0 Å². The van der Waals surface area contributed by atoms with Gasteiger partial charge < -0.3 is 45.3 Å². The van der Waals surface area contributed by atoms with E-state index in [0.717, 1.165) is 30.6 Å². The number of carbonyl (C=O) groups excluding carboxylic acids is 6. The van der Waals surface area contributed by atoms with Crippen LogP contribution in [0.1, 0.15) is 58.3 Å². The molecule has 2 unspecified atom stereocenters. The zero-order valence-corrected chi connectivity index (χ0v) is 26.3. The Hall–Kier alpha value is -3.60. The molecule has 5 N–H and O–H groups in total. The van der Waals surface area contributed by atoms with E-state index < -0.39 is 30.3 Å². The van der Waals surface area contributed by atoms with Gasteiger partial charge in [-0.3, -0.25) is 28.9 Å². The number of ether oxygens (including phenoxy) is 4. The second-order valence-electron chi connectivity index (χ2n) is 10.0. The molecule has 0 aromatic heterocycles. The molecule has 0 saturated heterocycles. The highest BCUT2D eigenvalue weighted by atomic mass is 16.7. The minimum atomic E-state index is -0.816. The van der Waals surface area contributed by atoms with E-state index in [1.807, 2.05) is 6.92 Å². The van der Waals surface area contributed by atoms with Gasteiger partial charge in [-0.25, -0.2) is 4.79 Å². The Morgan fingerprint density at radius 3 is 2.07 bits per heavy atom. The van der Waals surface area contributed by atoms with E-state index in [1.165, 1.54) is 19.3 Å². The average Bonchev–Trinajstić information content (AvgIpc) is 3.35. The summed E-state index contributed by atoms with van der Waals surface area (Å²) in [4.78, 5) is 71.4. The third kappa shape index (κ3) is 19.4. The molecule has 256 valence electrons. The largest absolute Gasteiger partial charge is 0.444 e. The second kappa shape index (κ2) is 24.7. The molecule has 0 aromatic carbocycles. The van der Waals surface area contributed by atoms with Crippen LogP contribution in [0.25, 0.3) is 0 Å². The molecule has 1 rings (SSSR count). The third-order valence-corrected chi connectivity index (χ3v) is 6.48. The summed E-state index contributed by atoms with van der Waals surface area (Å²) in [5.41, 5.74) is 0. The van der Waals surface area contributed by atoms with Gasteiger partial charge in [-0.1, -0.05) is 19.8 Å². The number of nitrogens with one attached hydrogen (secondary N) is 4. The Morgan fingerprint density at radius 2 is 1.42 bits per heavy atom. The Bertz CT molecular complexity index is 941. The van der Waals surface area contributed by atoms with Gasteiger partial charge in [-0.05, 0) is 19.3 Å². The van der Waals surface area contributed by atoms with Crippen LogP contribution in [0, 0.1) is 0 Å². The molecular formula is C29H49N5O11. The minimum absolute atomic E-state index is 0.0292. The molecule has 2 atom stereocenters. The van der Waals surface area contributed by atoms with Crippen LogP contribution >= 0.6 is 0 Å². The van der Waals surface area contributed by atoms with E-state index in [1.54, 1.807) is 0 Å². The summed E-state index contributed by atoms with van der Waals surface area (Å²) in [7, 11) is 1.39. The summed E-state index contributed by atoms with van der Waals surface area (Å²) in [6.07, 6.45) is 4.73. The number of rotatable bonds is 26. The van der Waals surface area contributed by atoms with Crippen LogP contribution in [0.3, 0.4) is 0 Å². The van der Waals surface area contributed by atoms with Gasteiger partial charge in [0.05, 0.1) is 19.3 Å². The van der Waals surface area contributed by atoms with E-state index >= 15 is 0 Å². The summed E-state index contributed by atoms with van der Waals surface area (Å²) in [6.45, 7) is 3.44. The Morgan fingerprint density at radius 1 is 0.800 bits per heavy atom. The fourth-order valence-corrected chi connectivity index (χ4v) is 3.83. The topological polar surface area (TPSA) is 211 Å². The number of carbonyl (C=O) groups is 6. The molecule has 16 heteroatoms. The molecule has 1 aliphatic heterocycles. The van der Waals surface area contributed by atoms with Crippen LogP contribution < -0.4 is 21.3 Å². The van der Waals surface area contributed by atoms with Crippen molar-refractivity contribution in [1.82, 2.24) is 26.2 Å². The molecule has 45 heavy (non-hydrogen) atoms. The number of imide groups is 1. The van der Waals surface area contributed by atoms with E-state index in [2.05, 4.69) is 21.3 Å². The lowest BCUT2D eigenvalue weighted by molar-refractivity contribution is -0.181. The molecule has 1 aliphatic rings. The Balaban J connectivity index is 1.91. The van der Waals surface area contributed by atoms with Crippen LogP contribution in [0.2, 0.25) is 0 Å². The number of hydrogen-bond donors (Lipinski definition) is 5. The molecule has 16 nitrogen and oxygen atoms in total. The fourth-order valence-electron chi connectivity index (χ4n) is 3.83. The highest BCUT2D eigenvalue weighted by Gasteiger charge is 2.23. The molecule has 0 saturated carbocycles. The van der Waals surface area contributed by atoms with Gasteiger partial charge in [0.15, 0.2) is 6.29 Å². The smallest absolute Gasteiger partial charge is 0.407 e. The fraction of sp³-hybridized carbons (Fsp3) is 0.724. The van der Waals surface area contributed by atoms with Crippen LogP contribution in [0.15, 0.2) is 12.2 Å². The highest BCUT2D eigenvalue weighted by Crippen LogP contribution is 2.05. The summed E-state index contributed by atoms with van der Waals surface area (Å²) in [5, 5.41) is 19.7. The summed E-state index contributed by atoms with van der Waals surface area (Å²) in [6, 6.07) is 0. The van der Waals surface area contributed by atoms with Crippen LogP contribution in [-0.2, 0) is 42.9 Å².